The third-order valence-electron chi connectivity index (χ3n) is 6.19. The molecule has 0 aliphatic carbocycles. The van der Waals surface area contributed by atoms with Crippen LogP contribution in [0.3, 0.4) is 0 Å². The summed E-state index contributed by atoms with van der Waals surface area (Å²) in [7, 11) is 0. The molecule has 30 heavy (non-hydrogen) atoms. The van der Waals surface area contributed by atoms with E-state index in [1.807, 2.05) is 0 Å². The second kappa shape index (κ2) is 11.4. The van der Waals surface area contributed by atoms with Gasteiger partial charge in [-0.05, 0) is 6.92 Å². The zero-order valence-electron chi connectivity index (χ0n) is 18.7. The number of hydrogen-bond acceptors (Lipinski definition) is 9. The monoisotopic (exact) mass is 423 g/mol. The minimum Gasteiger partial charge on any atom is -0.314 e. The quantitative estimate of drug-likeness (QED) is 0.276. The van der Waals surface area contributed by atoms with E-state index in [1.165, 1.54) is 0 Å². The summed E-state index contributed by atoms with van der Waals surface area (Å²) >= 11 is 0. The highest BCUT2D eigenvalue weighted by Gasteiger charge is 2.34. The van der Waals surface area contributed by atoms with Crippen molar-refractivity contribution >= 4 is 5.96 Å². The van der Waals surface area contributed by atoms with Crippen LogP contribution in [0.4, 0.5) is 0 Å². The Labute approximate surface area is 181 Å². The number of rotatable bonds is 5. The van der Waals surface area contributed by atoms with E-state index in [9.17, 15) is 0 Å². The Morgan fingerprint density at radius 3 is 1.47 bits per heavy atom. The zero-order valence-corrected chi connectivity index (χ0v) is 18.7. The maximum absolute atomic E-state index is 5.31. The highest BCUT2D eigenvalue weighted by atomic mass is 15.9. The molecule has 172 valence electrons. The van der Waals surface area contributed by atoms with Gasteiger partial charge in [0.25, 0.3) is 5.96 Å². The largest absolute Gasteiger partial charge is 0.314 e. The summed E-state index contributed by atoms with van der Waals surface area (Å²) in [5, 5.41) is 33.9. The highest BCUT2D eigenvalue weighted by molar-refractivity contribution is 5.78. The highest BCUT2D eigenvalue weighted by Crippen LogP contribution is 2.15. The molecule has 0 aromatic carbocycles. The third-order valence-corrected chi connectivity index (χ3v) is 6.19. The summed E-state index contributed by atoms with van der Waals surface area (Å²) in [6, 6.07) is 0. The van der Waals surface area contributed by atoms with Crippen LogP contribution >= 0.6 is 0 Å². The molecule has 4 rings (SSSR count). The van der Waals surface area contributed by atoms with Crippen molar-refractivity contribution in [3.63, 3.8) is 0 Å². The Morgan fingerprint density at radius 1 is 0.633 bits per heavy atom. The molecule has 0 bridgehead atoms. The van der Waals surface area contributed by atoms with Crippen LogP contribution in [0.5, 0.6) is 0 Å². The fraction of sp³-hybridized carbons (Fsp3) is 0.947. The van der Waals surface area contributed by atoms with Crippen LogP contribution in [-0.2, 0) is 0 Å². The van der Waals surface area contributed by atoms with Crippen molar-refractivity contribution in [1.29, 1.82) is 0 Å². The van der Waals surface area contributed by atoms with Crippen LogP contribution in [0.15, 0.2) is 5.10 Å². The van der Waals surface area contributed by atoms with Gasteiger partial charge in [0.05, 0.1) is 0 Å². The normalized spacial score (nSPS) is 26.0. The van der Waals surface area contributed by atoms with E-state index in [2.05, 4.69) is 58.4 Å². The van der Waals surface area contributed by atoms with Gasteiger partial charge >= 0.3 is 0 Å². The van der Waals surface area contributed by atoms with Gasteiger partial charge < -0.3 is 21.3 Å². The molecule has 11 nitrogen and oxygen atoms in total. The van der Waals surface area contributed by atoms with Crippen molar-refractivity contribution in [1.82, 2.24) is 51.4 Å². The summed E-state index contributed by atoms with van der Waals surface area (Å²) in [5.41, 5.74) is 0. The van der Waals surface area contributed by atoms with Crippen molar-refractivity contribution in [2.24, 2.45) is 5.10 Å². The van der Waals surface area contributed by atoms with Crippen LogP contribution < -0.4 is 21.3 Å². The standard InChI is InChI=1S/C19H41N11/c1-2-29(26-13-5-21-6-14-26)19(24-25-11-3-20-4-12-25)30(27-15-7-22-8-16-27)28-17-9-23-10-18-28/h20-23H,2-18H2,1H3. The number of hydrogen-bond donors (Lipinski definition) is 4. The summed E-state index contributed by atoms with van der Waals surface area (Å²) in [5.74, 6) is 1.06. The lowest BCUT2D eigenvalue weighted by atomic mass is 10.4. The molecule has 0 spiro atoms. The fourth-order valence-corrected chi connectivity index (χ4v) is 4.55. The number of hydrazine groups is 3. The molecule has 4 fully saturated rings. The van der Waals surface area contributed by atoms with Gasteiger partial charge in [-0.25, -0.2) is 15.0 Å². The molecule has 4 N–H and O–H groups in total. The van der Waals surface area contributed by atoms with Gasteiger partial charge in [-0.1, -0.05) is 0 Å². The van der Waals surface area contributed by atoms with Crippen molar-refractivity contribution in [3.8, 4) is 0 Å². The molecule has 0 unspecified atom stereocenters. The van der Waals surface area contributed by atoms with Gasteiger partial charge in [0.15, 0.2) is 0 Å². The van der Waals surface area contributed by atoms with Gasteiger partial charge in [0.1, 0.15) is 0 Å². The second-order valence-corrected chi connectivity index (χ2v) is 8.22. The minimum atomic E-state index is 0.916. The fourth-order valence-electron chi connectivity index (χ4n) is 4.55. The van der Waals surface area contributed by atoms with E-state index in [-0.39, 0.29) is 0 Å². The maximum Gasteiger partial charge on any atom is 0.263 e. The Kier molecular flexibility index (Phi) is 8.38. The van der Waals surface area contributed by atoms with Crippen LogP contribution in [0.1, 0.15) is 6.92 Å². The summed E-state index contributed by atoms with van der Waals surface area (Å²) in [6.07, 6.45) is 0. The van der Waals surface area contributed by atoms with Crippen molar-refractivity contribution in [3.05, 3.63) is 0 Å². The van der Waals surface area contributed by atoms with Gasteiger partial charge in [-0.15, -0.1) is 5.10 Å². The van der Waals surface area contributed by atoms with E-state index in [4.69, 9.17) is 5.10 Å². The first-order valence-electron chi connectivity index (χ1n) is 11.9. The van der Waals surface area contributed by atoms with Crippen LogP contribution in [-0.4, -0.2) is 147 Å². The SMILES string of the molecule is CCN(C(=NN1CCNCC1)N(N1CCNCC1)N1CCNCC1)N1CCNCC1. The van der Waals surface area contributed by atoms with E-state index in [0.717, 1.165) is 117 Å². The number of guanidine groups is 1. The van der Waals surface area contributed by atoms with E-state index in [1.54, 1.807) is 0 Å². The molecule has 0 radical (unpaired) electrons. The molecule has 11 heteroatoms. The molecule has 0 saturated carbocycles. The first kappa shape index (κ1) is 22.0. The molecule has 0 atom stereocenters. The lowest BCUT2D eigenvalue weighted by Gasteiger charge is -2.50. The molecule has 0 aromatic rings. The predicted molar refractivity (Wildman–Crippen MR) is 119 cm³/mol. The van der Waals surface area contributed by atoms with E-state index < -0.39 is 0 Å². The van der Waals surface area contributed by atoms with Gasteiger partial charge in [-0.2, -0.15) is 5.12 Å². The number of piperazine rings is 4. The first-order chi connectivity index (χ1) is 14.9. The van der Waals surface area contributed by atoms with E-state index >= 15 is 0 Å². The summed E-state index contributed by atoms with van der Waals surface area (Å²) in [4.78, 5) is 0. The van der Waals surface area contributed by atoms with Crippen molar-refractivity contribution in [2.75, 3.05) is 111 Å². The second-order valence-electron chi connectivity index (χ2n) is 8.22. The van der Waals surface area contributed by atoms with Gasteiger partial charge in [0.2, 0.25) is 0 Å². The third kappa shape index (κ3) is 5.52. The first-order valence-corrected chi connectivity index (χ1v) is 11.9. The van der Waals surface area contributed by atoms with Gasteiger partial charge in [-0.3, -0.25) is 10.0 Å². The lowest BCUT2D eigenvalue weighted by Crippen LogP contribution is -2.69. The summed E-state index contributed by atoms with van der Waals surface area (Å²) in [6.45, 7) is 19.3. The number of hydrazone groups is 1. The molecule has 0 aromatic heterocycles. The smallest absolute Gasteiger partial charge is 0.263 e. The Bertz CT molecular complexity index is 503. The Balaban J connectivity index is 1.66. The molecule has 4 saturated heterocycles. The lowest BCUT2D eigenvalue weighted by molar-refractivity contribution is -0.154. The topological polar surface area (TPSA) is 79.9 Å². The molecular weight excluding hydrogens is 382 g/mol. The average Bonchev–Trinajstić information content (AvgIpc) is 2.82. The predicted octanol–water partition coefficient (Wildman–Crippen LogP) is -2.75. The summed E-state index contributed by atoms with van der Waals surface area (Å²) < 4.78 is 0. The van der Waals surface area contributed by atoms with Crippen LogP contribution in [0.2, 0.25) is 0 Å². The molecule has 4 aliphatic heterocycles. The molecule has 4 aliphatic rings. The molecular formula is C19H41N11. The number of nitrogens with zero attached hydrogens (tertiary/aromatic N) is 7. The number of nitrogens with one attached hydrogen (secondary N) is 4. The Hall–Kier alpha value is -1.21. The van der Waals surface area contributed by atoms with Crippen molar-refractivity contribution in [2.45, 2.75) is 6.92 Å². The average molecular weight is 424 g/mol. The van der Waals surface area contributed by atoms with Crippen LogP contribution in [0.25, 0.3) is 0 Å². The zero-order chi connectivity index (χ0) is 20.6. The Morgan fingerprint density at radius 2 is 1.03 bits per heavy atom. The molecule has 0 amide bonds. The van der Waals surface area contributed by atoms with E-state index in [0.29, 0.717) is 0 Å². The van der Waals surface area contributed by atoms with Gasteiger partial charge in [0, 0.05) is 111 Å². The maximum atomic E-state index is 5.31. The molecule has 4 heterocycles. The minimum absolute atomic E-state index is 0.916. The van der Waals surface area contributed by atoms with Crippen molar-refractivity contribution < 1.29 is 0 Å². The van der Waals surface area contributed by atoms with Crippen LogP contribution in [0, 0.1) is 0 Å².